The van der Waals surface area contributed by atoms with Crippen molar-refractivity contribution in [2.24, 2.45) is 5.73 Å². The minimum absolute atomic E-state index is 0.358. The van der Waals surface area contributed by atoms with Gasteiger partial charge in [0.15, 0.2) is 11.5 Å². The van der Waals surface area contributed by atoms with Gasteiger partial charge in [-0.1, -0.05) is 23.7 Å². The highest BCUT2D eigenvalue weighted by Gasteiger charge is 2.15. The Kier molecular flexibility index (Phi) is 4.94. The Labute approximate surface area is 129 Å². The average molecular weight is 308 g/mol. The quantitative estimate of drug-likeness (QED) is 0.919. The van der Waals surface area contributed by atoms with E-state index in [2.05, 4.69) is 0 Å². The summed E-state index contributed by atoms with van der Waals surface area (Å²) in [5.41, 5.74) is 8.01. The number of benzene rings is 2. The Balaban J connectivity index is 2.37. The fourth-order valence-corrected chi connectivity index (χ4v) is 2.40. The van der Waals surface area contributed by atoms with Crippen molar-refractivity contribution in [3.63, 3.8) is 0 Å². The number of halogens is 1. The Bertz CT molecular complexity index is 631. The molecule has 5 heteroatoms. The number of hydrogen-bond donors (Lipinski definition) is 1. The lowest BCUT2D eigenvalue weighted by atomic mass is 9.99. The van der Waals surface area contributed by atoms with E-state index in [-0.39, 0.29) is 6.04 Å². The van der Waals surface area contributed by atoms with Crippen LogP contribution >= 0.6 is 11.6 Å². The Morgan fingerprint density at radius 2 is 1.62 bits per heavy atom. The van der Waals surface area contributed by atoms with Crippen molar-refractivity contribution in [1.29, 1.82) is 0 Å². The van der Waals surface area contributed by atoms with Crippen molar-refractivity contribution < 1.29 is 14.2 Å². The molecule has 0 radical (unpaired) electrons. The van der Waals surface area contributed by atoms with Gasteiger partial charge in [0.1, 0.15) is 5.75 Å². The smallest absolute Gasteiger partial charge is 0.161 e. The van der Waals surface area contributed by atoms with Gasteiger partial charge >= 0.3 is 0 Å². The highest BCUT2D eigenvalue weighted by Crippen LogP contribution is 2.34. The molecule has 0 aliphatic rings. The molecule has 112 valence electrons. The molecule has 0 heterocycles. The van der Waals surface area contributed by atoms with Gasteiger partial charge in [-0.3, -0.25) is 0 Å². The second kappa shape index (κ2) is 6.70. The van der Waals surface area contributed by atoms with Gasteiger partial charge in [-0.2, -0.15) is 0 Å². The molecule has 1 atom stereocenters. The van der Waals surface area contributed by atoms with Crippen LogP contribution in [0.2, 0.25) is 5.02 Å². The molecule has 1 unspecified atom stereocenters. The van der Waals surface area contributed by atoms with E-state index in [0.717, 1.165) is 11.1 Å². The molecule has 2 rings (SSSR count). The third-order valence-corrected chi connectivity index (χ3v) is 3.64. The topological polar surface area (TPSA) is 53.7 Å². The molecule has 0 saturated carbocycles. The lowest BCUT2D eigenvalue weighted by Gasteiger charge is -2.17. The van der Waals surface area contributed by atoms with Crippen molar-refractivity contribution in [3.05, 3.63) is 52.5 Å². The highest BCUT2D eigenvalue weighted by molar-refractivity contribution is 6.31. The van der Waals surface area contributed by atoms with E-state index in [9.17, 15) is 0 Å². The minimum Gasteiger partial charge on any atom is -0.497 e. The van der Waals surface area contributed by atoms with Crippen LogP contribution in [0.15, 0.2) is 36.4 Å². The summed E-state index contributed by atoms with van der Waals surface area (Å²) in [5, 5.41) is 0.566. The summed E-state index contributed by atoms with van der Waals surface area (Å²) >= 11 is 6.27. The predicted molar refractivity (Wildman–Crippen MR) is 83.6 cm³/mol. The molecule has 0 fully saturated rings. The van der Waals surface area contributed by atoms with Crippen molar-refractivity contribution in [3.8, 4) is 17.2 Å². The van der Waals surface area contributed by atoms with E-state index >= 15 is 0 Å². The number of nitrogens with two attached hydrogens (primary N) is 1. The standard InChI is InChI=1S/C16H18ClNO3/c1-19-11-5-6-12(13(17)9-11)16(18)10-4-7-14(20-2)15(8-10)21-3/h4-9,16H,18H2,1-3H3. The molecule has 4 nitrogen and oxygen atoms in total. The van der Waals surface area contributed by atoms with E-state index < -0.39 is 0 Å². The van der Waals surface area contributed by atoms with Crippen LogP contribution in [0.3, 0.4) is 0 Å². The second-order valence-corrected chi connectivity index (χ2v) is 4.89. The summed E-state index contributed by atoms with van der Waals surface area (Å²) in [5.74, 6) is 1.99. The van der Waals surface area contributed by atoms with E-state index in [1.807, 2.05) is 30.3 Å². The summed E-state index contributed by atoms with van der Waals surface area (Å²) in [7, 11) is 4.78. The summed E-state index contributed by atoms with van der Waals surface area (Å²) in [6.07, 6.45) is 0. The summed E-state index contributed by atoms with van der Waals surface area (Å²) in [6.45, 7) is 0. The average Bonchev–Trinajstić information content (AvgIpc) is 2.53. The lowest BCUT2D eigenvalue weighted by molar-refractivity contribution is 0.354. The predicted octanol–water partition coefficient (Wildman–Crippen LogP) is 3.41. The number of ether oxygens (including phenoxy) is 3. The second-order valence-electron chi connectivity index (χ2n) is 4.48. The lowest BCUT2D eigenvalue weighted by Crippen LogP contribution is -2.12. The fraction of sp³-hybridized carbons (Fsp3) is 0.250. The molecular formula is C16H18ClNO3. The molecule has 21 heavy (non-hydrogen) atoms. The third-order valence-electron chi connectivity index (χ3n) is 3.31. The normalized spacial score (nSPS) is 11.9. The Morgan fingerprint density at radius 1 is 0.905 bits per heavy atom. The van der Waals surface area contributed by atoms with Crippen LogP contribution in [-0.2, 0) is 0 Å². The van der Waals surface area contributed by atoms with Crippen LogP contribution < -0.4 is 19.9 Å². The third kappa shape index (κ3) is 3.23. The zero-order valence-corrected chi connectivity index (χ0v) is 13.0. The van der Waals surface area contributed by atoms with Crippen LogP contribution in [0.5, 0.6) is 17.2 Å². The van der Waals surface area contributed by atoms with E-state index in [1.54, 1.807) is 27.4 Å². The summed E-state index contributed by atoms with van der Waals surface area (Å²) in [4.78, 5) is 0. The zero-order chi connectivity index (χ0) is 15.4. The monoisotopic (exact) mass is 307 g/mol. The van der Waals surface area contributed by atoms with Crippen molar-refractivity contribution in [2.45, 2.75) is 6.04 Å². The molecule has 2 N–H and O–H groups in total. The molecule has 2 aromatic carbocycles. The maximum atomic E-state index is 6.30. The van der Waals surface area contributed by atoms with E-state index in [0.29, 0.717) is 22.3 Å². The maximum Gasteiger partial charge on any atom is 0.161 e. The van der Waals surface area contributed by atoms with Crippen molar-refractivity contribution in [1.82, 2.24) is 0 Å². The number of rotatable bonds is 5. The van der Waals surface area contributed by atoms with Gasteiger partial charge in [-0.05, 0) is 35.4 Å². The Hall–Kier alpha value is -1.91. The molecule has 0 amide bonds. The van der Waals surface area contributed by atoms with Crippen LogP contribution in [-0.4, -0.2) is 21.3 Å². The SMILES string of the molecule is COc1ccc(C(N)c2ccc(OC)c(OC)c2)c(Cl)c1. The summed E-state index contributed by atoms with van der Waals surface area (Å²) in [6, 6.07) is 10.7. The van der Waals surface area contributed by atoms with Crippen LogP contribution in [0.4, 0.5) is 0 Å². The van der Waals surface area contributed by atoms with E-state index in [4.69, 9.17) is 31.5 Å². The van der Waals surface area contributed by atoms with Crippen molar-refractivity contribution >= 4 is 11.6 Å². The summed E-state index contributed by atoms with van der Waals surface area (Å²) < 4.78 is 15.7. The van der Waals surface area contributed by atoms with Gasteiger partial charge in [0.2, 0.25) is 0 Å². The number of methoxy groups -OCH3 is 3. The van der Waals surface area contributed by atoms with Gasteiger partial charge in [-0.25, -0.2) is 0 Å². The molecule has 0 aliphatic heterocycles. The van der Waals surface area contributed by atoms with Gasteiger partial charge in [0, 0.05) is 5.02 Å². The first-order valence-electron chi connectivity index (χ1n) is 6.41. The van der Waals surface area contributed by atoms with Crippen molar-refractivity contribution in [2.75, 3.05) is 21.3 Å². The number of hydrogen-bond acceptors (Lipinski definition) is 4. The van der Waals surface area contributed by atoms with Gasteiger partial charge in [0.05, 0.1) is 27.4 Å². The zero-order valence-electron chi connectivity index (χ0n) is 12.2. The largest absolute Gasteiger partial charge is 0.497 e. The molecule has 0 bridgehead atoms. The van der Waals surface area contributed by atoms with E-state index in [1.165, 1.54) is 0 Å². The molecule has 0 saturated heterocycles. The molecule has 0 spiro atoms. The van der Waals surface area contributed by atoms with Crippen LogP contribution in [0.1, 0.15) is 17.2 Å². The minimum atomic E-state index is -0.358. The highest BCUT2D eigenvalue weighted by atomic mass is 35.5. The first-order chi connectivity index (χ1) is 10.1. The van der Waals surface area contributed by atoms with Gasteiger partial charge < -0.3 is 19.9 Å². The van der Waals surface area contributed by atoms with Crippen LogP contribution in [0, 0.1) is 0 Å². The fourth-order valence-electron chi connectivity index (χ4n) is 2.11. The first kappa shape index (κ1) is 15.5. The first-order valence-corrected chi connectivity index (χ1v) is 6.79. The maximum absolute atomic E-state index is 6.30. The molecule has 0 aliphatic carbocycles. The molecule has 2 aromatic rings. The van der Waals surface area contributed by atoms with Gasteiger partial charge in [0.25, 0.3) is 0 Å². The molecular weight excluding hydrogens is 290 g/mol. The Morgan fingerprint density at radius 3 is 2.19 bits per heavy atom. The van der Waals surface area contributed by atoms with Gasteiger partial charge in [-0.15, -0.1) is 0 Å². The van der Waals surface area contributed by atoms with Crippen LogP contribution in [0.25, 0.3) is 0 Å². The molecule has 0 aromatic heterocycles.